The smallest absolute Gasteiger partial charge is 0.231 e. The number of methoxy groups -OCH3 is 1. The van der Waals surface area contributed by atoms with E-state index in [1.54, 1.807) is 7.11 Å². The molecule has 0 spiro atoms. The number of nitrogens with two attached hydrogens (primary N) is 1. The second kappa shape index (κ2) is 5.46. The van der Waals surface area contributed by atoms with Gasteiger partial charge < -0.3 is 15.8 Å². The number of nitrogens with one attached hydrogen (secondary N) is 1. The first-order valence-corrected chi connectivity index (χ1v) is 5.62. The van der Waals surface area contributed by atoms with E-state index in [0.29, 0.717) is 6.54 Å². The van der Waals surface area contributed by atoms with Crippen molar-refractivity contribution >= 4 is 16.8 Å². The van der Waals surface area contributed by atoms with E-state index in [1.807, 2.05) is 30.3 Å². The second-order valence-electron chi connectivity index (χ2n) is 3.90. The molecule has 1 amide bonds. The van der Waals surface area contributed by atoms with E-state index in [-0.39, 0.29) is 12.5 Å². The van der Waals surface area contributed by atoms with Crippen LogP contribution in [0, 0.1) is 0 Å². The summed E-state index contributed by atoms with van der Waals surface area (Å²) in [6.45, 7) is 0.641. The number of nitrogens with zero attached hydrogens (tertiary/aromatic N) is 1. The van der Waals surface area contributed by atoms with Crippen LogP contribution in [0.25, 0.3) is 10.9 Å². The average Bonchev–Trinajstić information content (AvgIpc) is 2.37. The van der Waals surface area contributed by atoms with Gasteiger partial charge in [-0.15, -0.1) is 0 Å². The molecular formula is C13H15N3O2. The number of primary amides is 1. The normalized spacial score (nSPS) is 10.5. The van der Waals surface area contributed by atoms with Crippen molar-refractivity contribution in [2.24, 2.45) is 5.73 Å². The van der Waals surface area contributed by atoms with Crippen LogP contribution in [0.15, 0.2) is 30.3 Å². The highest BCUT2D eigenvalue weighted by Gasteiger charge is 2.04. The standard InChI is InChI=1S/C13H15N3O2/c1-18-11-4-2-3-9-5-6-10(16-13(9)11)7-15-8-12(14)17/h2-6,15H,7-8H2,1H3,(H2,14,17). The third-order valence-corrected chi connectivity index (χ3v) is 2.57. The van der Waals surface area contributed by atoms with E-state index in [4.69, 9.17) is 10.5 Å². The quantitative estimate of drug-likeness (QED) is 0.817. The van der Waals surface area contributed by atoms with Crippen molar-refractivity contribution in [1.29, 1.82) is 0 Å². The van der Waals surface area contributed by atoms with Gasteiger partial charge in [0.05, 0.1) is 19.3 Å². The van der Waals surface area contributed by atoms with Crippen LogP contribution < -0.4 is 15.8 Å². The Morgan fingerprint density at radius 3 is 2.94 bits per heavy atom. The Balaban J connectivity index is 2.23. The zero-order valence-electron chi connectivity index (χ0n) is 10.1. The summed E-state index contributed by atoms with van der Waals surface area (Å²) >= 11 is 0. The van der Waals surface area contributed by atoms with Gasteiger partial charge in [0.15, 0.2) is 0 Å². The predicted molar refractivity (Wildman–Crippen MR) is 69.2 cm³/mol. The van der Waals surface area contributed by atoms with Crippen molar-refractivity contribution in [2.75, 3.05) is 13.7 Å². The molecule has 3 N–H and O–H groups in total. The number of hydrogen-bond acceptors (Lipinski definition) is 4. The maximum absolute atomic E-state index is 10.6. The van der Waals surface area contributed by atoms with E-state index < -0.39 is 0 Å². The summed E-state index contributed by atoms with van der Waals surface area (Å²) in [7, 11) is 1.62. The van der Waals surface area contributed by atoms with Gasteiger partial charge >= 0.3 is 0 Å². The Morgan fingerprint density at radius 2 is 2.22 bits per heavy atom. The molecule has 2 aromatic rings. The van der Waals surface area contributed by atoms with E-state index in [0.717, 1.165) is 22.3 Å². The number of carbonyl (C=O) groups excluding carboxylic acids is 1. The highest BCUT2D eigenvalue weighted by Crippen LogP contribution is 2.23. The zero-order chi connectivity index (χ0) is 13.0. The van der Waals surface area contributed by atoms with E-state index in [9.17, 15) is 4.79 Å². The lowest BCUT2D eigenvalue weighted by atomic mass is 10.2. The van der Waals surface area contributed by atoms with Gasteiger partial charge in [0.2, 0.25) is 5.91 Å². The fourth-order valence-corrected chi connectivity index (χ4v) is 1.74. The molecule has 0 fully saturated rings. The minimum absolute atomic E-state index is 0.144. The lowest BCUT2D eigenvalue weighted by Crippen LogP contribution is -2.28. The molecule has 5 nitrogen and oxygen atoms in total. The molecule has 94 valence electrons. The van der Waals surface area contributed by atoms with Crippen LogP contribution in [0.5, 0.6) is 5.75 Å². The largest absolute Gasteiger partial charge is 0.494 e. The number of carbonyl (C=O) groups is 1. The minimum atomic E-state index is -0.381. The molecule has 0 aliphatic carbocycles. The molecule has 18 heavy (non-hydrogen) atoms. The van der Waals surface area contributed by atoms with Crippen molar-refractivity contribution in [3.05, 3.63) is 36.0 Å². The third-order valence-electron chi connectivity index (χ3n) is 2.57. The number of ether oxygens (including phenoxy) is 1. The summed E-state index contributed by atoms with van der Waals surface area (Å²) < 4.78 is 5.27. The van der Waals surface area contributed by atoms with Gasteiger partial charge in [0.1, 0.15) is 11.3 Å². The van der Waals surface area contributed by atoms with Crippen molar-refractivity contribution in [3.63, 3.8) is 0 Å². The first-order chi connectivity index (χ1) is 8.70. The van der Waals surface area contributed by atoms with Gasteiger partial charge in [0.25, 0.3) is 0 Å². The molecular weight excluding hydrogens is 230 g/mol. The maximum atomic E-state index is 10.6. The molecule has 5 heteroatoms. The molecule has 0 bridgehead atoms. The molecule has 0 aliphatic heterocycles. The SMILES string of the molecule is COc1cccc2ccc(CNCC(N)=O)nc12. The van der Waals surface area contributed by atoms with Crippen LogP contribution >= 0.6 is 0 Å². The monoisotopic (exact) mass is 245 g/mol. The Bertz CT molecular complexity index is 569. The molecule has 0 atom stereocenters. The summed E-state index contributed by atoms with van der Waals surface area (Å²) in [5.74, 6) is 0.359. The van der Waals surface area contributed by atoms with Crippen molar-refractivity contribution in [3.8, 4) is 5.75 Å². The summed E-state index contributed by atoms with van der Waals surface area (Å²) in [6.07, 6.45) is 0. The van der Waals surface area contributed by atoms with Crippen LogP contribution in [0.4, 0.5) is 0 Å². The van der Waals surface area contributed by atoms with Gasteiger partial charge in [0, 0.05) is 11.9 Å². The van der Waals surface area contributed by atoms with Gasteiger partial charge in [-0.3, -0.25) is 4.79 Å². The van der Waals surface area contributed by atoms with Crippen molar-refractivity contribution in [1.82, 2.24) is 10.3 Å². The highest BCUT2D eigenvalue weighted by atomic mass is 16.5. The van der Waals surface area contributed by atoms with Gasteiger partial charge in [-0.05, 0) is 12.1 Å². The lowest BCUT2D eigenvalue weighted by molar-refractivity contribution is -0.117. The van der Waals surface area contributed by atoms with Crippen LogP contribution in [-0.2, 0) is 11.3 Å². The molecule has 1 aromatic carbocycles. The minimum Gasteiger partial charge on any atom is -0.494 e. The molecule has 1 heterocycles. The Labute approximate surface area is 105 Å². The Morgan fingerprint density at radius 1 is 1.39 bits per heavy atom. The molecule has 0 unspecified atom stereocenters. The number of aromatic nitrogens is 1. The zero-order valence-corrected chi connectivity index (χ0v) is 10.1. The van der Waals surface area contributed by atoms with Gasteiger partial charge in [-0.2, -0.15) is 0 Å². The van der Waals surface area contributed by atoms with E-state index in [2.05, 4.69) is 10.3 Å². The van der Waals surface area contributed by atoms with Gasteiger partial charge in [-0.1, -0.05) is 18.2 Å². The first-order valence-electron chi connectivity index (χ1n) is 5.62. The molecule has 0 radical (unpaired) electrons. The van der Waals surface area contributed by atoms with Crippen molar-refractivity contribution < 1.29 is 9.53 Å². The Kier molecular flexibility index (Phi) is 3.74. The van der Waals surface area contributed by atoms with E-state index >= 15 is 0 Å². The summed E-state index contributed by atoms with van der Waals surface area (Å²) in [4.78, 5) is 15.1. The van der Waals surface area contributed by atoms with Crippen LogP contribution in [-0.4, -0.2) is 24.5 Å². The number of amides is 1. The number of benzene rings is 1. The topological polar surface area (TPSA) is 77.2 Å². The van der Waals surface area contributed by atoms with Crippen molar-refractivity contribution in [2.45, 2.75) is 6.54 Å². The number of fused-ring (bicyclic) bond motifs is 1. The summed E-state index contributed by atoms with van der Waals surface area (Å²) in [6, 6.07) is 9.66. The molecule has 1 aromatic heterocycles. The predicted octanol–water partition coefficient (Wildman–Crippen LogP) is 0.818. The third kappa shape index (κ3) is 2.75. The summed E-state index contributed by atoms with van der Waals surface area (Å²) in [5, 5.41) is 3.95. The van der Waals surface area contributed by atoms with Crippen LogP contribution in [0.3, 0.4) is 0 Å². The highest BCUT2D eigenvalue weighted by molar-refractivity contribution is 5.84. The lowest BCUT2D eigenvalue weighted by Gasteiger charge is -2.07. The fraction of sp³-hybridized carbons (Fsp3) is 0.231. The molecule has 2 rings (SSSR count). The number of rotatable bonds is 5. The fourth-order valence-electron chi connectivity index (χ4n) is 1.74. The summed E-state index contributed by atoms with van der Waals surface area (Å²) in [5.41, 5.74) is 6.71. The Hall–Kier alpha value is -2.14. The average molecular weight is 245 g/mol. The second-order valence-corrected chi connectivity index (χ2v) is 3.90. The number of para-hydroxylation sites is 1. The van der Waals surface area contributed by atoms with E-state index in [1.165, 1.54) is 0 Å². The molecule has 0 aliphatic rings. The van der Waals surface area contributed by atoms with Gasteiger partial charge in [-0.25, -0.2) is 4.98 Å². The number of hydrogen-bond donors (Lipinski definition) is 2. The molecule has 0 saturated heterocycles. The molecule has 0 saturated carbocycles. The van der Waals surface area contributed by atoms with Crippen LogP contribution in [0.1, 0.15) is 5.69 Å². The van der Waals surface area contributed by atoms with Crippen LogP contribution in [0.2, 0.25) is 0 Å². The number of pyridine rings is 1. The maximum Gasteiger partial charge on any atom is 0.231 e. The first kappa shape index (κ1) is 12.3.